The van der Waals surface area contributed by atoms with E-state index >= 15 is 0 Å². The molecule has 11 heteroatoms. The van der Waals surface area contributed by atoms with Crippen molar-refractivity contribution < 1.29 is 19.0 Å². The van der Waals surface area contributed by atoms with Crippen molar-refractivity contribution in [2.75, 3.05) is 37.9 Å². The molecule has 2 aromatic rings. The summed E-state index contributed by atoms with van der Waals surface area (Å²) in [4.78, 5) is 2.35. The number of hydrogen-bond acceptors (Lipinski definition) is 8. The second-order valence-electron chi connectivity index (χ2n) is 7.33. The van der Waals surface area contributed by atoms with Crippen LogP contribution in [-0.2, 0) is 11.3 Å². The smallest absolute Gasteiger partial charge is 0.182 e. The molecule has 0 aliphatic carbocycles. The van der Waals surface area contributed by atoms with E-state index in [0.717, 1.165) is 32.4 Å². The monoisotopic (exact) mass is 426 g/mol. The Labute approximate surface area is 172 Å². The standard InChI is InChI=1S/C18H24ClFN6O3/c1-18(2,25-5-7-28-8-6-25)11-22-10-15-16(24-29-23-15)17(21)26(27)12-3-4-14(20)13(19)9-12/h3-4,9,21-22,27H,5-8,10-11H2,1-2H3. The van der Waals surface area contributed by atoms with Gasteiger partial charge in [-0.25, -0.2) is 14.1 Å². The van der Waals surface area contributed by atoms with Gasteiger partial charge in [0.05, 0.1) is 23.9 Å². The highest BCUT2D eigenvalue weighted by Crippen LogP contribution is 2.23. The maximum atomic E-state index is 13.3. The number of nitrogens with zero attached hydrogens (tertiary/aromatic N) is 4. The molecular formula is C18H24ClFN6O3. The van der Waals surface area contributed by atoms with Gasteiger partial charge in [-0.15, -0.1) is 0 Å². The van der Waals surface area contributed by atoms with Crippen LogP contribution in [0.5, 0.6) is 0 Å². The van der Waals surface area contributed by atoms with Gasteiger partial charge in [-0.3, -0.25) is 15.5 Å². The first-order chi connectivity index (χ1) is 13.8. The Morgan fingerprint density at radius 2 is 2.10 bits per heavy atom. The maximum absolute atomic E-state index is 13.3. The molecule has 1 aliphatic rings. The lowest BCUT2D eigenvalue weighted by Crippen LogP contribution is -2.54. The molecule has 0 bridgehead atoms. The van der Waals surface area contributed by atoms with E-state index < -0.39 is 5.82 Å². The van der Waals surface area contributed by atoms with E-state index in [-0.39, 0.29) is 27.8 Å². The minimum atomic E-state index is -0.619. The van der Waals surface area contributed by atoms with E-state index in [9.17, 15) is 9.60 Å². The van der Waals surface area contributed by atoms with Gasteiger partial charge in [0.25, 0.3) is 0 Å². The third-order valence-corrected chi connectivity index (χ3v) is 5.15. The van der Waals surface area contributed by atoms with Gasteiger partial charge in [-0.2, -0.15) is 0 Å². The van der Waals surface area contributed by atoms with Gasteiger partial charge < -0.3 is 10.1 Å². The molecule has 3 N–H and O–H groups in total. The average Bonchev–Trinajstić information content (AvgIpc) is 3.18. The van der Waals surface area contributed by atoms with E-state index in [4.69, 9.17) is 26.4 Å². The SMILES string of the molecule is CC(C)(CNCc1nonc1C(=N)N(O)c1ccc(F)c(Cl)c1)N1CCOCC1. The minimum absolute atomic E-state index is 0.0737. The number of benzene rings is 1. The fourth-order valence-electron chi connectivity index (χ4n) is 3.12. The molecule has 0 radical (unpaired) electrons. The van der Waals surface area contributed by atoms with Gasteiger partial charge >= 0.3 is 0 Å². The van der Waals surface area contributed by atoms with Crippen LogP contribution in [-0.4, -0.2) is 64.6 Å². The summed E-state index contributed by atoms with van der Waals surface area (Å²) in [5.41, 5.74) is 0.476. The van der Waals surface area contributed by atoms with Gasteiger partial charge in [-0.1, -0.05) is 16.8 Å². The minimum Gasteiger partial charge on any atom is -0.379 e. The van der Waals surface area contributed by atoms with Crippen LogP contribution in [0.15, 0.2) is 22.8 Å². The molecule has 1 aromatic heterocycles. The Morgan fingerprint density at radius 3 is 2.79 bits per heavy atom. The fraction of sp³-hybridized carbons (Fsp3) is 0.500. The molecule has 1 aliphatic heterocycles. The molecule has 3 rings (SSSR count). The van der Waals surface area contributed by atoms with E-state index in [0.29, 0.717) is 23.8 Å². The number of amidine groups is 1. The van der Waals surface area contributed by atoms with Gasteiger partial charge in [-0.05, 0) is 37.2 Å². The van der Waals surface area contributed by atoms with Crippen molar-refractivity contribution in [3.05, 3.63) is 40.4 Å². The average molecular weight is 427 g/mol. The second kappa shape index (κ2) is 9.14. The Balaban J connectivity index is 1.62. The molecule has 1 saturated heterocycles. The third kappa shape index (κ3) is 5.09. The number of anilines is 1. The third-order valence-electron chi connectivity index (χ3n) is 4.86. The molecule has 2 heterocycles. The normalized spacial score (nSPS) is 15.5. The zero-order valence-electron chi connectivity index (χ0n) is 16.3. The first-order valence-electron chi connectivity index (χ1n) is 9.17. The van der Waals surface area contributed by atoms with Gasteiger partial charge in [0.2, 0.25) is 0 Å². The predicted molar refractivity (Wildman–Crippen MR) is 105 cm³/mol. The van der Waals surface area contributed by atoms with Crippen molar-refractivity contribution in [2.45, 2.75) is 25.9 Å². The topological polar surface area (TPSA) is 111 Å². The number of rotatable bonds is 7. The first-order valence-corrected chi connectivity index (χ1v) is 9.55. The van der Waals surface area contributed by atoms with E-state index in [1.165, 1.54) is 12.1 Å². The summed E-state index contributed by atoms with van der Waals surface area (Å²) in [6.45, 7) is 8.43. The Hall–Kier alpha value is -2.11. The summed E-state index contributed by atoms with van der Waals surface area (Å²) < 4.78 is 23.5. The number of aromatic nitrogens is 2. The van der Waals surface area contributed by atoms with Crippen molar-refractivity contribution >= 4 is 23.1 Å². The first kappa shape index (κ1) is 21.6. The lowest BCUT2D eigenvalue weighted by Gasteiger charge is -2.41. The Morgan fingerprint density at radius 1 is 1.38 bits per heavy atom. The summed E-state index contributed by atoms with van der Waals surface area (Å²) in [5, 5.41) is 29.7. The molecule has 0 amide bonds. The lowest BCUT2D eigenvalue weighted by molar-refractivity contribution is -0.00970. The highest BCUT2D eigenvalue weighted by Gasteiger charge is 2.28. The van der Waals surface area contributed by atoms with Gasteiger partial charge in [0.15, 0.2) is 11.5 Å². The number of nitrogens with one attached hydrogen (secondary N) is 2. The van der Waals surface area contributed by atoms with Crippen molar-refractivity contribution in [1.82, 2.24) is 20.5 Å². The summed E-state index contributed by atoms with van der Waals surface area (Å²) in [7, 11) is 0. The molecule has 9 nitrogen and oxygen atoms in total. The number of hydroxylamine groups is 1. The lowest BCUT2D eigenvalue weighted by atomic mass is 10.0. The molecule has 0 spiro atoms. The Bertz CT molecular complexity index is 856. The van der Waals surface area contributed by atoms with Crippen molar-refractivity contribution in [1.29, 1.82) is 5.41 Å². The zero-order valence-corrected chi connectivity index (χ0v) is 17.0. The van der Waals surface area contributed by atoms with E-state index in [2.05, 4.69) is 34.4 Å². The molecular weight excluding hydrogens is 403 g/mol. The molecule has 29 heavy (non-hydrogen) atoms. The molecule has 1 aromatic carbocycles. The maximum Gasteiger partial charge on any atom is 0.182 e. The van der Waals surface area contributed by atoms with Crippen LogP contribution < -0.4 is 10.4 Å². The number of morpholine rings is 1. The Kier molecular flexibility index (Phi) is 6.81. The van der Waals surface area contributed by atoms with Crippen LogP contribution in [0.1, 0.15) is 25.2 Å². The summed E-state index contributed by atoms with van der Waals surface area (Å²) in [6.07, 6.45) is 0. The second-order valence-corrected chi connectivity index (χ2v) is 7.74. The highest BCUT2D eigenvalue weighted by molar-refractivity contribution is 6.31. The largest absolute Gasteiger partial charge is 0.379 e. The van der Waals surface area contributed by atoms with Crippen LogP contribution in [0.25, 0.3) is 0 Å². The van der Waals surface area contributed by atoms with Gasteiger partial charge in [0, 0.05) is 31.7 Å². The van der Waals surface area contributed by atoms with Crippen molar-refractivity contribution in [3.63, 3.8) is 0 Å². The number of halogens is 2. The van der Waals surface area contributed by atoms with Crippen LogP contribution in [0.2, 0.25) is 5.02 Å². The van der Waals surface area contributed by atoms with E-state index in [1.54, 1.807) is 0 Å². The van der Waals surface area contributed by atoms with Crippen LogP contribution in [0, 0.1) is 11.2 Å². The van der Waals surface area contributed by atoms with Crippen LogP contribution in [0.3, 0.4) is 0 Å². The van der Waals surface area contributed by atoms with Crippen LogP contribution >= 0.6 is 11.6 Å². The number of ether oxygens (including phenoxy) is 1. The number of hydrogen-bond donors (Lipinski definition) is 3. The molecule has 0 saturated carbocycles. The van der Waals surface area contributed by atoms with Crippen LogP contribution in [0.4, 0.5) is 10.1 Å². The van der Waals surface area contributed by atoms with Crippen molar-refractivity contribution in [2.24, 2.45) is 0 Å². The zero-order chi connectivity index (χ0) is 21.0. The molecule has 0 unspecified atom stereocenters. The molecule has 1 fully saturated rings. The molecule has 0 atom stereocenters. The summed E-state index contributed by atoms with van der Waals surface area (Å²) in [5.74, 6) is -0.982. The van der Waals surface area contributed by atoms with Crippen molar-refractivity contribution in [3.8, 4) is 0 Å². The summed E-state index contributed by atoms with van der Waals surface area (Å²) >= 11 is 5.74. The fourth-order valence-corrected chi connectivity index (χ4v) is 3.29. The molecule has 158 valence electrons. The summed E-state index contributed by atoms with van der Waals surface area (Å²) in [6, 6.07) is 3.61. The quantitative estimate of drug-likeness (QED) is 0.351. The van der Waals surface area contributed by atoms with E-state index in [1.807, 2.05) is 0 Å². The van der Waals surface area contributed by atoms with Gasteiger partial charge in [0.1, 0.15) is 11.5 Å². The predicted octanol–water partition coefficient (Wildman–Crippen LogP) is 2.28. The highest BCUT2D eigenvalue weighted by atomic mass is 35.5.